The molecule has 12 aromatic rings. The van der Waals surface area contributed by atoms with Gasteiger partial charge in [-0.25, -0.2) is 19.6 Å². The Bertz CT molecular complexity index is 7020. The van der Waals surface area contributed by atoms with Crippen molar-refractivity contribution in [3.8, 4) is 11.5 Å². The summed E-state index contributed by atoms with van der Waals surface area (Å²) in [6.07, 6.45) is 4.20. The van der Waals surface area contributed by atoms with Gasteiger partial charge in [-0.2, -0.15) is 70.4 Å². The summed E-state index contributed by atoms with van der Waals surface area (Å²) in [5, 5.41) is 83.4. The molecule has 10 aromatic carbocycles. The second-order valence-electron chi connectivity index (χ2n) is 24.0. The first kappa shape index (κ1) is 116. The van der Waals surface area contributed by atoms with Crippen molar-refractivity contribution >= 4 is 210 Å². The Labute approximate surface area is 896 Å². The van der Waals surface area contributed by atoms with Crippen molar-refractivity contribution in [3.63, 3.8) is 0 Å². The van der Waals surface area contributed by atoms with Gasteiger partial charge in [0.15, 0.2) is 11.5 Å². The fourth-order valence-corrected chi connectivity index (χ4v) is 15.3. The second-order valence-corrected chi connectivity index (χ2v) is 33.1. The number of rotatable bonds is 24. The van der Waals surface area contributed by atoms with Crippen molar-refractivity contribution in [2.24, 2.45) is 30.4 Å². The average molecular weight is 2010 g/mol. The van der Waals surface area contributed by atoms with E-state index in [9.17, 15) is 128 Å². The minimum Gasteiger partial charge on any atom is -0.505 e. The summed E-state index contributed by atoms with van der Waals surface area (Å²) in [5.74, 6) is -4.57. The minimum absolute atomic E-state index is 0. The van der Waals surface area contributed by atoms with E-state index >= 15 is 0 Å². The van der Waals surface area contributed by atoms with Crippen LogP contribution < -0.4 is 229 Å². The first-order valence-corrected chi connectivity index (χ1v) is 41.6. The molecule has 0 radical (unpaired) electrons. The fourth-order valence-electron chi connectivity index (χ4n) is 10.9. The number of H-pyrrole nitrogens is 2. The number of aromatic nitrogens is 6. The van der Waals surface area contributed by atoms with Gasteiger partial charge in [0.1, 0.15) is 52.1 Å². The number of aromatic carboxylic acids is 2. The third-order valence-corrected chi connectivity index (χ3v) is 21.8. The molecule has 0 aliphatic carbocycles. The van der Waals surface area contributed by atoms with E-state index in [1.807, 2.05) is 0 Å². The summed E-state index contributed by atoms with van der Waals surface area (Å²) >= 11 is 12.3. The Morgan fingerprint density at radius 2 is 0.688 bits per heavy atom. The van der Waals surface area contributed by atoms with Crippen molar-refractivity contribution in [1.82, 2.24) is 29.9 Å². The number of halogens is 2. The van der Waals surface area contributed by atoms with E-state index in [2.05, 4.69) is 71.0 Å². The van der Waals surface area contributed by atoms with Gasteiger partial charge < -0.3 is 31.1 Å². The molecule has 0 saturated carbocycles. The molecule has 12 rings (SSSR count). The summed E-state index contributed by atoms with van der Waals surface area (Å²) in [4.78, 5) is 68.6. The number of hydrogen-bond acceptors (Lipinski definition) is 32. The summed E-state index contributed by atoms with van der Waals surface area (Å²) in [7, 11) is -30.0. The van der Waals surface area contributed by atoms with Crippen molar-refractivity contribution in [2.45, 2.75) is 29.4 Å². The maximum Gasteiger partial charge on any atom is 1.00 e. The molecule has 44 nitrogen and oxygen atoms in total. The molecule has 0 saturated heterocycles. The Balaban J connectivity index is 0.000000621. The zero-order valence-electron chi connectivity index (χ0n) is 66.3. The zero-order valence-corrected chi connectivity index (χ0v) is 88.0. The topological polar surface area (TPSA) is 709 Å². The van der Waals surface area contributed by atoms with Crippen LogP contribution in [0.1, 0.15) is 43.0 Å². The molecule has 0 amide bonds. The number of carboxylic acid groups (broad SMARTS) is 2. The number of carbonyl (C=O) groups is 2. The number of aromatic hydroxyl groups is 2. The number of phenolic OH excluding ortho intramolecular Hbond substituents is 2. The Kier molecular flexibility index (Phi) is 43.3. The van der Waals surface area contributed by atoms with Crippen LogP contribution in [0.15, 0.2) is 230 Å². The molecule has 0 bridgehead atoms. The Morgan fingerprint density at radius 1 is 0.391 bits per heavy atom. The SMILES string of the molecule is O=C(O)c1ccccc1N=Nc1c(S(=O)(=O)O)cc2cc(Nc3nc(Cl)[nH]c(=Nc4ccc(/C=C/c5ccc([N+](=O)[O-])cc5S(=O)(=O)O)c(S(=O)(=O)O)c4)n3)ccc2c1O.O=C(O)c1ccccc1N=Nc1c(S(=O)(=O)O)cc2cc(Nc3nc(Cl)[nH]c(=Nc4ccc(/C=C/c5ccc([N+](=O)[O-])cc5S(=O)(=O)O)c(S(=O)(=O)O)c4)n3)ccc2c1O.[Cr].[Na+].[Na+].[Na+].[Na+].[Na+].[Na+].[Na+]. The number of aromatic amines is 2. The van der Waals surface area contributed by atoms with Crippen LogP contribution in [0, 0.1) is 20.2 Å². The molecule has 0 atom stereocenters. The van der Waals surface area contributed by atoms with Gasteiger partial charge >= 0.3 is 219 Å². The maximum atomic E-state index is 12.4. The van der Waals surface area contributed by atoms with E-state index in [0.29, 0.717) is 12.1 Å². The van der Waals surface area contributed by atoms with Crippen LogP contribution in [0.25, 0.3) is 45.8 Å². The van der Waals surface area contributed by atoms with E-state index in [1.54, 1.807) is 0 Å². The number of nitrogens with zero attached hydrogens (tertiary/aromatic N) is 12. The third kappa shape index (κ3) is 29.8. The number of benzene rings is 10. The molecular formula is C68H46Cl2CrN16Na7O28S6+7. The number of azo groups is 2. The molecule has 622 valence electrons. The number of fused-ring (bicyclic) bond motifs is 2. The number of anilines is 4. The zero-order chi connectivity index (χ0) is 87.5. The van der Waals surface area contributed by atoms with E-state index < -0.39 is 146 Å². The molecule has 0 aliphatic heterocycles. The van der Waals surface area contributed by atoms with Crippen molar-refractivity contribution in [3.05, 3.63) is 245 Å². The molecule has 128 heavy (non-hydrogen) atoms. The Morgan fingerprint density at radius 3 is 0.984 bits per heavy atom. The van der Waals surface area contributed by atoms with Crippen LogP contribution in [0.4, 0.5) is 68.8 Å². The largest absolute Gasteiger partial charge is 1.00 e. The van der Waals surface area contributed by atoms with Gasteiger partial charge in [0.2, 0.25) is 33.7 Å². The van der Waals surface area contributed by atoms with Gasteiger partial charge in [0, 0.05) is 63.8 Å². The van der Waals surface area contributed by atoms with Crippen LogP contribution in [0.3, 0.4) is 0 Å². The third-order valence-electron chi connectivity index (χ3n) is 16.1. The first-order valence-electron chi connectivity index (χ1n) is 32.2. The number of nitrogens with one attached hydrogen (secondary N) is 4. The van der Waals surface area contributed by atoms with Crippen molar-refractivity contribution in [2.75, 3.05) is 10.6 Å². The number of non-ortho nitro benzene ring substituents is 2. The van der Waals surface area contributed by atoms with Gasteiger partial charge in [0.25, 0.3) is 72.1 Å². The number of carboxylic acids is 2. The van der Waals surface area contributed by atoms with Crippen LogP contribution in [-0.2, 0) is 78.1 Å². The van der Waals surface area contributed by atoms with Crippen molar-refractivity contribution < 1.29 is 342 Å². The first-order chi connectivity index (χ1) is 56.2. The van der Waals surface area contributed by atoms with Gasteiger partial charge in [-0.1, -0.05) is 60.7 Å². The number of hydrogen-bond donors (Lipinski definition) is 14. The van der Waals surface area contributed by atoms with E-state index in [0.717, 1.165) is 72.8 Å². The van der Waals surface area contributed by atoms with Gasteiger partial charge in [-0.15, -0.1) is 20.5 Å². The smallest absolute Gasteiger partial charge is 0.505 e. The number of nitro benzene ring substituents is 2. The monoisotopic (exact) mass is 2010 g/mol. The standard InChI is InChI=1S/2C34H23ClN8O14S3.Cr.7Na/c2*35-32-38-33(36-20-10-12-23-19(13-20)14-28(60(55,56)57)29(30(23)44)42-41-25-4-2-1-3-24(25)31(45)46)40-34(39-32)37-21-9-7-17(26(15-21)58(49,50)51)5-6-18-8-11-22(43(47)48)16-27(18)59(52,53)54;;;;;;;;/h2*1-16,44H,(H,45,46)(H,49,50,51)(H,52,53,54)(H,55,56,57)(H2,36,37,38,39,40);;;;;;;;/q;;;7*+1/b2*6-5+,42-41?;;;;;;;;. The average Bonchev–Trinajstić information content (AvgIpc) is 0.770. The molecule has 60 heteroatoms. The minimum atomic E-state index is -5.05. The van der Waals surface area contributed by atoms with Gasteiger partial charge in [-0.3, -0.25) is 57.5 Å². The quantitative estimate of drug-likeness (QED) is 0.00667. The van der Waals surface area contributed by atoms with E-state index in [4.69, 9.17) is 23.2 Å². The summed E-state index contributed by atoms with van der Waals surface area (Å²) in [6.45, 7) is 0. The van der Waals surface area contributed by atoms with Crippen LogP contribution in [-0.4, -0.2) is 150 Å². The summed E-state index contributed by atoms with van der Waals surface area (Å²) in [6, 6.07) is 32.8. The molecule has 2 aromatic heterocycles. The number of nitro groups is 2. The van der Waals surface area contributed by atoms with Crippen LogP contribution >= 0.6 is 23.2 Å². The molecule has 14 N–H and O–H groups in total. The molecule has 0 unspecified atom stereocenters. The van der Waals surface area contributed by atoms with Crippen molar-refractivity contribution in [1.29, 1.82) is 0 Å². The Hall–Kier alpha value is -6.47. The van der Waals surface area contributed by atoms with Gasteiger partial charge in [-0.05, 0) is 165 Å². The molecule has 0 fully saturated rings. The maximum absolute atomic E-state index is 12.4. The summed E-state index contributed by atoms with van der Waals surface area (Å²) in [5.41, 5.74) is -4.83. The summed E-state index contributed by atoms with van der Waals surface area (Å²) < 4.78 is 206. The van der Waals surface area contributed by atoms with Crippen LogP contribution in [0.2, 0.25) is 10.6 Å². The molecular weight excluding hydrogens is 1970 g/mol. The fraction of sp³-hybridized carbons (Fsp3) is 0. The predicted octanol–water partition coefficient (Wildman–Crippen LogP) is -8.52. The van der Waals surface area contributed by atoms with Crippen LogP contribution in [0.5, 0.6) is 11.5 Å². The van der Waals surface area contributed by atoms with E-state index in [-0.39, 0.29) is 347 Å². The van der Waals surface area contributed by atoms with E-state index in [1.165, 1.54) is 109 Å². The molecule has 2 heterocycles. The molecule has 0 aliphatic rings. The van der Waals surface area contributed by atoms with Gasteiger partial charge in [0.05, 0.1) is 32.3 Å². The predicted molar refractivity (Wildman–Crippen MR) is 422 cm³/mol. The normalized spacial score (nSPS) is 11.9. The number of phenols is 2. The molecule has 0 spiro atoms. The second kappa shape index (κ2) is 47.9.